The topological polar surface area (TPSA) is 38.1 Å². The van der Waals surface area contributed by atoms with E-state index in [0.717, 1.165) is 10.2 Å². The summed E-state index contributed by atoms with van der Waals surface area (Å²) in [6.07, 6.45) is 1.74. The Balaban J connectivity index is 2.49. The largest absolute Gasteiger partial charge is 0.390 e. The lowest BCUT2D eigenvalue weighted by Crippen LogP contribution is -1.96. The molecule has 0 saturated carbocycles. The number of hydrogen-bond donors (Lipinski definition) is 1. The van der Waals surface area contributed by atoms with Crippen LogP contribution in [0.25, 0.3) is 5.69 Å². The third-order valence-electron chi connectivity index (χ3n) is 2.00. The molecule has 2 aromatic rings. The van der Waals surface area contributed by atoms with Crippen LogP contribution in [0.5, 0.6) is 0 Å². The van der Waals surface area contributed by atoms with E-state index in [1.54, 1.807) is 29.1 Å². The molecule has 0 spiro atoms. The molecule has 84 valence electrons. The summed E-state index contributed by atoms with van der Waals surface area (Å²) in [5, 5.41) is 14.3. The Morgan fingerprint density at radius 1 is 1.25 bits per heavy atom. The average Bonchev–Trinajstić information content (AvgIpc) is 2.58. The van der Waals surface area contributed by atoms with E-state index in [9.17, 15) is 0 Å². The number of halogens is 3. The van der Waals surface area contributed by atoms with Crippen LogP contribution < -0.4 is 0 Å². The van der Waals surface area contributed by atoms with Crippen molar-refractivity contribution in [2.75, 3.05) is 0 Å². The molecule has 3 nitrogen and oxygen atoms in total. The van der Waals surface area contributed by atoms with Gasteiger partial charge in [0.05, 0.1) is 16.8 Å². The summed E-state index contributed by atoms with van der Waals surface area (Å²) in [5.41, 5.74) is 1.31. The van der Waals surface area contributed by atoms with Crippen LogP contribution in [0.2, 0.25) is 10.0 Å². The van der Waals surface area contributed by atoms with Gasteiger partial charge in [0.2, 0.25) is 0 Å². The molecule has 0 amide bonds. The average molecular weight is 322 g/mol. The highest BCUT2D eigenvalue weighted by atomic mass is 79.9. The summed E-state index contributed by atoms with van der Waals surface area (Å²) in [6.45, 7) is -0.123. The van der Waals surface area contributed by atoms with E-state index >= 15 is 0 Å². The fourth-order valence-electron chi connectivity index (χ4n) is 1.30. The predicted octanol–water partition coefficient (Wildman–Crippen LogP) is 3.43. The van der Waals surface area contributed by atoms with Gasteiger partial charge >= 0.3 is 0 Å². The molecule has 1 aromatic carbocycles. The first-order valence-corrected chi connectivity index (χ1v) is 5.96. The summed E-state index contributed by atoms with van der Waals surface area (Å²) in [4.78, 5) is 0. The Labute approximate surface area is 111 Å². The molecule has 0 unspecified atom stereocenters. The summed E-state index contributed by atoms with van der Waals surface area (Å²) < 4.78 is 2.35. The summed E-state index contributed by atoms with van der Waals surface area (Å²) in [7, 11) is 0. The number of aliphatic hydroxyl groups excluding tert-OH is 1. The Bertz CT molecular complexity index is 507. The van der Waals surface area contributed by atoms with Crippen molar-refractivity contribution in [3.63, 3.8) is 0 Å². The van der Waals surface area contributed by atoms with Gasteiger partial charge in [0.25, 0.3) is 0 Å². The van der Waals surface area contributed by atoms with Gasteiger partial charge in [-0.1, -0.05) is 23.2 Å². The number of nitrogens with zero attached hydrogens (tertiary/aromatic N) is 2. The fraction of sp³-hybridized carbons (Fsp3) is 0.100. The maximum Gasteiger partial charge on any atom is 0.102 e. The summed E-state index contributed by atoms with van der Waals surface area (Å²) in [5.74, 6) is 0. The van der Waals surface area contributed by atoms with Crippen LogP contribution in [0, 0.1) is 0 Å². The van der Waals surface area contributed by atoms with Gasteiger partial charge in [0.15, 0.2) is 0 Å². The van der Waals surface area contributed by atoms with Crippen LogP contribution in [0.4, 0.5) is 0 Å². The molecule has 0 saturated heterocycles. The van der Waals surface area contributed by atoms with E-state index in [2.05, 4.69) is 21.0 Å². The van der Waals surface area contributed by atoms with Crippen LogP contribution in [0.3, 0.4) is 0 Å². The monoisotopic (exact) mass is 320 g/mol. The van der Waals surface area contributed by atoms with Crippen molar-refractivity contribution < 1.29 is 5.11 Å². The first-order valence-electron chi connectivity index (χ1n) is 4.41. The molecule has 1 N–H and O–H groups in total. The van der Waals surface area contributed by atoms with Crippen molar-refractivity contribution in [2.24, 2.45) is 0 Å². The first kappa shape index (κ1) is 11.9. The minimum Gasteiger partial charge on any atom is -0.390 e. The minimum atomic E-state index is -0.123. The van der Waals surface area contributed by atoms with Gasteiger partial charge in [-0.25, -0.2) is 4.68 Å². The molecule has 6 heteroatoms. The molecule has 2 rings (SSSR count). The number of aromatic nitrogens is 2. The van der Waals surface area contributed by atoms with E-state index in [0.29, 0.717) is 15.7 Å². The second-order valence-electron chi connectivity index (χ2n) is 3.15. The molecular formula is C10H7BrCl2N2O. The molecule has 0 radical (unpaired) electrons. The van der Waals surface area contributed by atoms with Crippen molar-refractivity contribution in [1.29, 1.82) is 0 Å². The number of rotatable bonds is 2. The fourth-order valence-corrected chi connectivity index (χ4v) is 2.21. The Kier molecular flexibility index (Phi) is 3.54. The zero-order valence-electron chi connectivity index (χ0n) is 7.99. The molecule has 1 heterocycles. The van der Waals surface area contributed by atoms with Crippen LogP contribution in [0.1, 0.15) is 5.69 Å². The third kappa shape index (κ3) is 2.40. The summed E-state index contributed by atoms with van der Waals surface area (Å²) >= 11 is 15.1. The maximum atomic E-state index is 9.03. The molecule has 0 atom stereocenters. The number of aliphatic hydroxyl groups is 1. The van der Waals surface area contributed by atoms with E-state index in [-0.39, 0.29) is 6.61 Å². The molecule has 1 aromatic heterocycles. The molecular weight excluding hydrogens is 315 g/mol. The quantitative estimate of drug-likeness (QED) is 0.920. The highest BCUT2D eigenvalue weighted by Crippen LogP contribution is 2.23. The van der Waals surface area contributed by atoms with Crippen molar-refractivity contribution in [3.8, 4) is 5.69 Å². The number of benzene rings is 1. The van der Waals surface area contributed by atoms with Gasteiger partial charge in [-0.15, -0.1) is 0 Å². The zero-order valence-corrected chi connectivity index (χ0v) is 11.1. The van der Waals surface area contributed by atoms with Gasteiger partial charge in [-0.2, -0.15) is 5.10 Å². The SMILES string of the molecule is OCc1nn(-c2cc(Cl)cc(Cl)c2)cc1Br. The van der Waals surface area contributed by atoms with Crippen molar-refractivity contribution in [1.82, 2.24) is 9.78 Å². The van der Waals surface area contributed by atoms with Crippen LogP contribution in [0.15, 0.2) is 28.9 Å². The first-order chi connectivity index (χ1) is 7.60. The third-order valence-corrected chi connectivity index (χ3v) is 3.10. The van der Waals surface area contributed by atoms with Crippen molar-refractivity contribution >= 4 is 39.1 Å². The van der Waals surface area contributed by atoms with Crippen molar-refractivity contribution in [2.45, 2.75) is 6.61 Å². The lowest BCUT2D eigenvalue weighted by atomic mass is 10.3. The van der Waals surface area contributed by atoms with Gasteiger partial charge in [-0.3, -0.25) is 0 Å². The minimum absolute atomic E-state index is 0.123. The Hall–Kier alpha value is -0.550. The van der Waals surface area contributed by atoms with E-state index in [1.165, 1.54) is 0 Å². The van der Waals surface area contributed by atoms with E-state index in [4.69, 9.17) is 28.3 Å². The lowest BCUT2D eigenvalue weighted by molar-refractivity contribution is 0.275. The van der Waals surface area contributed by atoms with Crippen LogP contribution in [-0.2, 0) is 6.61 Å². The highest BCUT2D eigenvalue weighted by molar-refractivity contribution is 9.10. The lowest BCUT2D eigenvalue weighted by Gasteiger charge is -2.02. The highest BCUT2D eigenvalue weighted by Gasteiger charge is 2.07. The second-order valence-corrected chi connectivity index (χ2v) is 4.88. The molecule has 0 bridgehead atoms. The van der Waals surface area contributed by atoms with Crippen LogP contribution in [-0.4, -0.2) is 14.9 Å². The van der Waals surface area contributed by atoms with E-state index in [1.807, 2.05) is 0 Å². The molecule has 0 aliphatic heterocycles. The smallest absolute Gasteiger partial charge is 0.102 e. The Morgan fingerprint density at radius 3 is 2.38 bits per heavy atom. The zero-order chi connectivity index (χ0) is 11.7. The molecule has 16 heavy (non-hydrogen) atoms. The second kappa shape index (κ2) is 4.75. The predicted molar refractivity (Wildman–Crippen MR) is 67.2 cm³/mol. The number of hydrogen-bond acceptors (Lipinski definition) is 2. The Morgan fingerprint density at radius 2 is 1.88 bits per heavy atom. The van der Waals surface area contributed by atoms with E-state index < -0.39 is 0 Å². The van der Waals surface area contributed by atoms with Gasteiger partial charge in [0.1, 0.15) is 5.69 Å². The molecule has 0 fully saturated rings. The van der Waals surface area contributed by atoms with Gasteiger partial charge in [-0.05, 0) is 34.1 Å². The van der Waals surface area contributed by atoms with Crippen molar-refractivity contribution in [3.05, 3.63) is 44.6 Å². The van der Waals surface area contributed by atoms with Gasteiger partial charge in [0, 0.05) is 16.2 Å². The van der Waals surface area contributed by atoms with Crippen LogP contribution >= 0.6 is 39.1 Å². The normalized spacial score (nSPS) is 10.8. The standard InChI is InChI=1S/C10H7BrCl2N2O/c11-9-4-15(14-10(9)5-16)8-2-6(12)1-7(13)3-8/h1-4,16H,5H2. The summed E-state index contributed by atoms with van der Waals surface area (Å²) in [6, 6.07) is 5.14. The molecule has 0 aliphatic rings. The maximum absolute atomic E-state index is 9.03. The van der Waals surface area contributed by atoms with Gasteiger partial charge < -0.3 is 5.11 Å². The molecule has 0 aliphatic carbocycles.